The molecule has 0 fully saturated rings. The van der Waals surface area contributed by atoms with Crippen LogP contribution < -0.4 is 10.1 Å². The van der Waals surface area contributed by atoms with Crippen LogP contribution in [0.2, 0.25) is 0 Å². The summed E-state index contributed by atoms with van der Waals surface area (Å²) in [5, 5.41) is 27.4. The molecule has 2 aromatic rings. The molecule has 190 valence electrons. The predicted octanol–water partition coefficient (Wildman–Crippen LogP) is 5.07. The molecule has 10 heteroatoms. The highest BCUT2D eigenvalue weighted by Crippen LogP contribution is 2.49. The van der Waals surface area contributed by atoms with Crippen molar-refractivity contribution in [3.8, 4) is 11.5 Å². The standard InChI is InChI=1S/C26H28N2O7S/c1-5-34-20-12-16(10-18(25(20)30)28(32)33)23-22(26(31)35-13(2)3)14(4)27-17-9-15(11-19(29)24(17)23)21-7-6-8-36-21/h6-8,10,12-13,15,23,27,30H,5,9,11H2,1-4H3/t15-,23-/m1/s1. The zero-order chi connectivity index (χ0) is 26.1. The molecular weight excluding hydrogens is 484 g/mol. The Kier molecular flexibility index (Phi) is 7.16. The molecule has 1 aliphatic heterocycles. The van der Waals surface area contributed by atoms with E-state index < -0.39 is 34.4 Å². The van der Waals surface area contributed by atoms with Gasteiger partial charge in [0.2, 0.25) is 5.75 Å². The number of ketones is 1. The first-order valence-electron chi connectivity index (χ1n) is 11.7. The van der Waals surface area contributed by atoms with Crippen LogP contribution in [0, 0.1) is 10.1 Å². The summed E-state index contributed by atoms with van der Waals surface area (Å²) in [6, 6.07) is 6.61. The van der Waals surface area contributed by atoms with Gasteiger partial charge >= 0.3 is 11.7 Å². The Labute approximate surface area is 212 Å². The number of nitrogens with one attached hydrogen (secondary N) is 1. The zero-order valence-electron chi connectivity index (χ0n) is 20.5. The molecule has 0 spiro atoms. The van der Waals surface area contributed by atoms with Crippen LogP contribution >= 0.6 is 11.3 Å². The first kappa shape index (κ1) is 25.4. The SMILES string of the molecule is CCOc1cc([C@@H]2C(C(=O)OC(C)C)=C(C)NC3=C2C(=O)C[C@H](c2cccs2)C3)cc([N+](=O)[O-])c1O. The average molecular weight is 513 g/mol. The molecule has 36 heavy (non-hydrogen) atoms. The fourth-order valence-electron chi connectivity index (χ4n) is 4.83. The van der Waals surface area contributed by atoms with Crippen molar-refractivity contribution in [3.05, 3.63) is 72.7 Å². The van der Waals surface area contributed by atoms with Gasteiger partial charge in [-0.25, -0.2) is 4.79 Å². The Morgan fingerprint density at radius 3 is 2.69 bits per heavy atom. The normalized spacial score (nSPS) is 19.8. The molecule has 0 bridgehead atoms. The lowest BCUT2D eigenvalue weighted by atomic mass is 9.72. The molecule has 0 saturated heterocycles. The Hall–Kier alpha value is -3.66. The number of carbonyl (C=O) groups excluding carboxylic acids is 2. The van der Waals surface area contributed by atoms with E-state index in [9.17, 15) is 24.8 Å². The molecule has 2 N–H and O–H groups in total. The lowest BCUT2D eigenvalue weighted by Gasteiger charge is -2.36. The minimum Gasteiger partial charge on any atom is -0.500 e. The molecule has 1 aromatic heterocycles. The van der Waals surface area contributed by atoms with E-state index in [4.69, 9.17) is 9.47 Å². The second kappa shape index (κ2) is 10.1. The summed E-state index contributed by atoms with van der Waals surface area (Å²) in [5.74, 6) is -2.38. The second-order valence-electron chi connectivity index (χ2n) is 9.06. The number of allylic oxidation sites excluding steroid dienone is 3. The number of esters is 1. The summed E-state index contributed by atoms with van der Waals surface area (Å²) in [4.78, 5) is 39.0. The molecule has 1 aromatic carbocycles. The minimum absolute atomic E-state index is 0.00509. The quantitative estimate of drug-likeness (QED) is 0.299. The summed E-state index contributed by atoms with van der Waals surface area (Å²) in [5.41, 5.74) is 1.51. The molecule has 2 aliphatic rings. The van der Waals surface area contributed by atoms with Crippen LogP contribution in [-0.2, 0) is 14.3 Å². The van der Waals surface area contributed by atoms with Crippen LogP contribution in [-0.4, -0.2) is 34.5 Å². The van der Waals surface area contributed by atoms with Crippen molar-refractivity contribution in [1.29, 1.82) is 0 Å². The van der Waals surface area contributed by atoms with Gasteiger partial charge in [0.25, 0.3) is 0 Å². The van der Waals surface area contributed by atoms with Crippen molar-refractivity contribution < 1.29 is 29.1 Å². The molecule has 0 amide bonds. The van der Waals surface area contributed by atoms with Gasteiger partial charge in [-0.05, 0) is 57.2 Å². The number of rotatable bonds is 7. The van der Waals surface area contributed by atoms with E-state index in [2.05, 4.69) is 5.32 Å². The summed E-state index contributed by atoms with van der Waals surface area (Å²) >= 11 is 1.59. The monoisotopic (exact) mass is 512 g/mol. The number of nitro groups is 1. The van der Waals surface area contributed by atoms with Crippen molar-refractivity contribution in [3.63, 3.8) is 0 Å². The summed E-state index contributed by atoms with van der Waals surface area (Å²) in [6.45, 7) is 7.02. The number of nitrogens with zero attached hydrogens (tertiary/aromatic N) is 1. The van der Waals surface area contributed by atoms with E-state index in [1.165, 1.54) is 12.1 Å². The topological polar surface area (TPSA) is 128 Å². The number of dihydropyridines is 1. The lowest BCUT2D eigenvalue weighted by molar-refractivity contribution is -0.386. The highest BCUT2D eigenvalue weighted by molar-refractivity contribution is 7.10. The van der Waals surface area contributed by atoms with Gasteiger partial charge in [0.05, 0.1) is 23.2 Å². The lowest BCUT2D eigenvalue weighted by Crippen LogP contribution is -2.36. The van der Waals surface area contributed by atoms with Gasteiger partial charge in [0.15, 0.2) is 11.5 Å². The first-order chi connectivity index (χ1) is 17.1. The van der Waals surface area contributed by atoms with E-state index >= 15 is 0 Å². The van der Waals surface area contributed by atoms with Gasteiger partial charge in [-0.15, -0.1) is 11.3 Å². The van der Waals surface area contributed by atoms with Gasteiger partial charge in [-0.3, -0.25) is 14.9 Å². The summed E-state index contributed by atoms with van der Waals surface area (Å²) < 4.78 is 11.0. The predicted molar refractivity (Wildman–Crippen MR) is 134 cm³/mol. The Balaban J connectivity index is 1.91. The van der Waals surface area contributed by atoms with Gasteiger partial charge in [-0.2, -0.15) is 0 Å². The third kappa shape index (κ3) is 4.73. The molecule has 0 radical (unpaired) electrons. The van der Waals surface area contributed by atoms with Crippen LogP contribution in [0.3, 0.4) is 0 Å². The number of ether oxygens (including phenoxy) is 2. The van der Waals surface area contributed by atoms with E-state index in [-0.39, 0.29) is 36.1 Å². The molecule has 0 saturated carbocycles. The maximum Gasteiger partial charge on any atom is 0.337 e. The molecule has 4 rings (SSSR count). The van der Waals surface area contributed by atoms with E-state index in [1.807, 2.05) is 17.5 Å². The number of nitro benzene ring substituents is 1. The van der Waals surface area contributed by atoms with E-state index in [0.717, 1.165) is 4.88 Å². The second-order valence-corrected chi connectivity index (χ2v) is 10.0. The summed E-state index contributed by atoms with van der Waals surface area (Å²) in [6.07, 6.45) is 0.398. The van der Waals surface area contributed by atoms with Crippen LogP contribution in [0.1, 0.15) is 62.8 Å². The molecule has 0 unspecified atom stereocenters. The fourth-order valence-corrected chi connectivity index (χ4v) is 5.66. The number of thiophene rings is 1. The highest BCUT2D eigenvalue weighted by Gasteiger charge is 2.42. The molecular formula is C26H28N2O7S. The van der Waals surface area contributed by atoms with E-state index in [0.29, 0.717) is 29.0 Å². The van der Waals surface area contributed by atoms with Crippen molar-refractivity contribution in [2.45, 2.75) is 58.5 Å². The van der Waals surface area contributed by atoms with Gasteiger partial charge in [-0.1, -0.05) is 6.07 Å². The average Bonchev–Trinajstić information content (AvgIpc) is 3.34. The third-order valence-electron chi connectivity index (χ3n) is 6.24. The van der Waals surface area contributed by atoms with Gasteiger partial charge in [0, 0.05) is 46.2 Å². The molecule has 9 nitrogen and oxygen atoms in total. The van der Waals surface area contributed by atoms with Crippen LogP contribution in [0.4, 0.5) is 5.69 Å². The molecule has 2 atom stereocenters. The number of carbonyl (C=O) groups is 2. The third-order valence-corrected chi connectivity index (χ3v) is 7.28. The fraction of sp³-hybridized carbons (Fsp3) is 0.385. The van der Waals surface area contributed by atoms with Crippen molar-refractivity contribution in [2.24, 2.45) is 0 Å². The van der Waals surface area contributed by atoms with E-state index in [1.54, 1.807) is 39.0 Å². The number of Topliss-reactive ketones (excluding diaryl/α,β-unsaturated/α-hetero) is 1. The number of hydrogen-bond acceptors (Lipinski definition) is 9. The maximum absolute atomic E-state index is 13.6. The number of aromatic hydroxyl groups is 1. The van der Waals surface area contributed by atoms with Gasteiger partial charge in [0.1, 0.15) is 0 Å². The smallest absolute Gasteiger partial charge is 0.337 e. The Morgan fingerprint density at radius 2 is 2.08 bits per heavy atom. The molecule has 1 aliphatic carbocycles. The Bertz CT molecular complexity index is 1280. The van der Waals surface area contributed by atoms with Gasteiger partial charge < -0.3 is 19.9 Å². The Morgan fingerprint density at radius 1 is 1.33 bits per heavy atom. The van der Waals surface area contributed by atoms with Crippen molar-refractivity contribution >= 4 is 28.8 Å². The highest BCUT2D eigenvalue weighted by atomic mass is 32.1. The first-order valence-corrected chi connectivity index (χ1v) is 12.6. The largest absolute Gasteiger partial charge is 0.500 e. The number of phenols is 1. The number of phenolic OH excluding ortho intramolecular Hbond substituents is 1. The zero-order valence-corrected chi connectivity index (χ0v) is 21.3. The van der Waals surface area contributed by atoms with Crippen molar-refractivity contribution in [1.82, 2.24) is 5.32 Å². The summed E-state index contributed by atoms with van der Waals surface area (Å²) in [7, 11) is 0. The number of benzene rings is 1. The maximum atomic E-state index is 13.6. The van der Waals surface area contributed by atoms with Crippen LogP contribution in [0.15, 0.2) is 52.2 Å². The number of hydrogen-bond donors (Lipinski definition) is 2. The van der Waals surface area contributed by atoms with Crippen LogP contribution in [0.5, 0.6) is 11.5 Å². The minimum atomic E-state index is -0.914. The van der Waals surface area contributed by atoms with Crippen LogP contribution in [0.25, 0.3) is 0 Å². The molecule has 2 heterocycles. The van der Waals surface area contributed by atoms with Crippen molar-refractivity contribution in [2.75, 3.05) is 6.61 Å².